The molecule has 3 aliphatic rings. The van der Waals surface area contributed by atoms with Crippen LogP contribution >= 0.6 is 23.4 Å². The summed E-state index contributed by atoms with van der Waals surface area (Å²) in [7, 11) is 0. The molecule has 1 heterocycles. The van der Waals surface area contributed by atoms with Crippen molar-refractivity contribution >= 4 is 29.3 Å². The lowest BCUT2D eigenvalue weighted by Crippen LogP contribution is -2.65. The summed E-state index contributed by atoms with van der Waals surface area (Å²) >= 11 is 7.93. The van der Waals surface area contributed by atoms with E-state index in [1.165, 1.54) is 4.90 Å². The molecule has 33 heavy (non-hydrogen) atoms. The maximum atomic E-state index is 14.4. The van der Waals surface area contributed by atoms with Gasteiger partial charge < -0.3 is 14.8 Å². The van der Waals surface area contributed by atoms with Crippen LogP contribution in [0.1, 0.15) is 57.9 Å². The maximum Gasteiger partial charge on any atom is 0.228 e. The topological polar surface area (TPSA) is 47.6 Å². The predicted molar refractivity (Wildman–Crippen MR) is 132 cm³/mol. The molecule has 2 aliphatic carbocycles. The average Bonchev–Trinajstić information content (AvgIpc) is 2.76. The summed E-state index contributed by atoms with van der Waals surface area (Å²) < 4.78 is 26.6. The molecule has 4 rings (SSSR count). The summed E-state index contributed by atoms with van der Waals surface area (Å²) in [6.07, 6.45) is 5.81. The number of carbonyl (C=O) groups is 1. The zero-order valence-electron chi connectivity index (χ0n) is 19.6. The van der Waals surface area contributed by atoms with Crippen LogP contribution in [0.15, 0.2) is 40.9 Å². The number of ether oxygens (including phenoxy) is 2. The second-order valence-electron chi connectivity index (χ2n) is 9.87. The van der Waals surface area contributed by atoms with Crippen LogP contribution in [0.4, 0.5) is 4.39 Å². The van der Waals surface area contributed by atoms with Crippen LogP contribution in [0.2, 0.25) is 0 Å². The van der Waals surface area contributed by atoms with Crippen LogP contribution in [0.5, 0.6) is 0 Å². The molecule has 0 radical (unpaired) electrons. The van der Waals surface area contributed by atoms with Gasteiger partial charge in [-0.15, -0.1) is 23.4 Å². The van der Waals surface area contributed by atoms with Crippen LogP contribution in [0.25, 0.3) is 0 Å². The van der Waals surface area contributed by atoms with Crippen molar-refractivity contribution < 1.29 is 18.7 Å². The molecule has 182 valence electrons. The average molecular weight is 496 g/mol. The van der Waals surface area contributed by atoms with E-state index in [1.807, 2.05) is 12.1 Å². The smallest absolute Gasteiger partial charge is 0.228 e. The van der Waals surface area contributed by atoms with Crippen LogP contribution in [-0.4, -0.2) is 48.1 Å². The number of rotatable bonds is 8. The zero-order chi connectivity index (χ0) is 23.5. The summed E-state index contributed by atoms with van der Waals surface area (Å²) in [5.74, 6) is 1.05. The Hall–Kier alpha value is -1.08. The molecule has 7 heteroatoms. The molecule has 1 saturated carbocycles. The molecule has 4 nitrogen and oxygen atoms in total. The SMILES string of the molecule is CCSc1ccc(CC(=O)NC2=CCC(OC3(C4(C)CCC(Cl)C(F)C4)COC3)CC2)cc1. The van der Waals surface area contributed by atoms with Crippen LogP contribution < -0.4 is 5.32 Å². The summed E-state index contributed by atoms with van der Waals surface area (Å²) in [5, 5.41) is 2.68. The van der Waals surface area contributed by atoms with Gasteiger partial charge in [0.15, 0.2) is 0 Å². The van der Waals surface area contributed by atoms with E-state index >= 15 is 0 Å². The van der Waals surface area contributed by atoms with Gasteiger partial charge in [0.1, 0.15) is 11.8 Å². The minimum absolute atomic E-state index is 0.0136. The largest absolute Gasteiger partial charge is 0.375 e. The van der Waals surface area contributed by atoms with E-state index < -0.39 is 17.1 Å². The lowest BCUT2D eigenvalue weighted by Gasteiger charge is -2.57. The Labute approximate surface area is 206 Å². The van der Waals surface area contributed by atoms with Gasteiger partial charge in [-0.1, -0.05) is 32.1 Å². The molecule has 4 atom stereocenters. The van der Waals surface area contributed by atoms with Gasteiger partial charge >= 0.3 is 0 Å². The van der Waals surface area contributed by atoms with Crippen molar-refractivity contribution in [3.8, 4) is 0 Å². The summed E-state index contributed by atoms with van der Waals surface area (Å²) in [6, 6.07) is 8.20. The molecular weight excluding hydrogens is 461 g/mol. The molecule has 1 saturated heterocycles. The Morgan fingerprint density at radius 1 is 1.30 bits per heavy atom. The minimum Gasteiger partial charge on any atom is -0.375 e. The quantitative estimate of drug-likeness (QED) is 0.365. The number of hydrogen-bond acceptors (Lipinski definition) is 4. The number of amides is 1. The lowest BCUT2D eigenvalue weighted by atomic mass is 9.62. The third-order valence-corrected chi connectivity index (χ3v) is 8.82. The van der Waals surface area contributed by atoms with Crippen molar-refractivity contribution in [2.24, 2.45) is 5.41 Å². The number of thioether (sulfide) groups is 1. The third-order valence-electron chi connectivity index (χ3n) is 7.43. The van der Waals surface area contributed by atoms with Gasteiger partial charge in [0.2, 0.25) is 5.91 Å². The number of carbonyl (C=O) groups excluding carboxylic acids is 1. The van der Waals surface area contributed by atoms with Gasteiger partial charge in [0, 0.05) is 16.0 Å². The van der Waals surface area contributed by atoms with Crippen molar-refractivity contribution in [2.45, 2.75) is 86.9 Å². The molecule has 1 amide bonds. The highest BCUT2D eigenvalue weighted by molar-refractivity contribution is 7.99. The first-order chi connectivity index (χ1) is 15.8. The molecule has 4 unspecified atom stereocenters. The molecule has 1 aromatic carbocycles. The summed E-state index contributed by atoms with van der Waals surface area (Å²) in [6.45, 7) is 5.29. The highest BCUT2D eigenvalue weighted by Crippen LogP contribution is 2.52. The molecule has 2 fully saturated rings. The van der Waals surface area contributed by atoms with E-state index in [2.05, 4.69) is 37.4 Å². The number of allylic oxidation sites excluding steroid dienone is 1. The highest BCUT2D eigenvalue weighted by atomic mass is 35.5. The van der Waals surface area contributed by atoms with Crippen molar-refractivity contribution in [3.63, 3.8) is 0 Å². The number of hydrogen-bond donors (Lipinski definition) is 1. The fourth-order valence-electron chi connectivity index (χ4n) is 5.19. The Balaban J connectivity index is 1.29. The Morgan fingerprint density at radius 3 is 2.64 bits per heavy atom. The molecule has 1 aromatic rings. The predicted octanol–water partition coefficient (Wildman–Crippen LogP) is 5.82. The molecule has 1 aliphatic heterocycles. The van der Waals surface area contributed by atoms with E-state index in [4.69, 9.17) is 21.1 Å². The number of nitrogens with one attached hydrogen (secondary N) is 1. The van der Waals surface area contributed by atoms with E-state index in [-0.39, 0.29) is 17.4 Å². The van der Waals surface area contributed by atoms with Gasteiger partial charge in [-0.2, -0.15) is 0 Å². The first-order valence-corrected chi connectivity index (χ1v) is 13.5. The van der Waals surface area contributed by atoms with Crippen LogP contribution in [-0.2, 0) is 20.7 Å². The normalized spacial score (nSPS) is 31.4. The van der Waals surface area contributed by atoms with Crippen LogP contribution in [0.3, 0.4) is 0 Å². The van der Waals surface area contributed by atoms with Gasteiger partial charge in [-0.25, -0.2) is 4.39 Å². The Bertz CT molecular complexity index is 860. The number of alkyl halides is 2. The fourth-order valence-corrected chi connectivity index (χ4v) is 6.05. The van der Waals surface area contributed by atoms with Gasteiger partial charge in [-0.05, 0) is 62.0 Å². The first-order valence-electron chi connectivity index (χ1n) is 12.1. The van der Waals surface area contributed by atoms with E-state index in [0.29, 0.717) is 32.5 Å². The maximum absolute atomic E-state index is 14.4. The van der Waals surface area contributed by atoms with Crippen molar-refractivity contribution in [3.05, 3.63) is 41.6 Å². The number of benzene rings is 1. The summed E-state index contributed by atoms with van der Waals surface area (Å²) in [4.78, 5) is 13.7. The standard InChI is InChI=1S/C26H35ClFNO3S/c1-3-33-21-10-4-18(5-11-21)14-24(30)29-19-6-8-20(9-7-19)32-26(16-31-17-26)25(2)13-12-22(27)23(28)15-25/h4-6,10-11,20,22-23H,3,7-9,12-17H2,1-2H3,(H,29,30). The highest BCUT2D eigenvalue weighted by Gasteiger charge is 2.58. The second kappa shape index (κ2) is 10.7. The van der Waals surface area contributed by atoms with Crippen LogP contribution in [0, 0.1) is 5.41 Å². The molecule has 0 bridgehead atoms. The van der Waals surface area contributed by atoms with Gasteiger partial charge in [0.25, 0.3) is 0 Å². The van der Waals surface area contributed by atoms with Crippen molar-refractivity contribution in [1.29, 1.82) is 0 Å². The molecule has 0 spiro atoms. The Kier molecular flexibility index (Phi) is 8.10. The number of halogens is 2. The molecule has 1 N–H and O–H groups in total. The van der Waals surface area contributed by atoms with Gasteiger partial charge in [-0.3, -0.25) is 4.79 Å². The Morgan fingerprint density at radius 2 is 2.06 bits per heavy atom. The monoisotopic (exact) mass is 495 g/mol. The molecular formula is C26H35ClFNO3S. The van der Waals surface area contributed by atoms with Crippen molar-refractivity contribution in [1.82, 2.24) is 5.32 Å². The minimum atomic E-state index is -0.999. The first kappa shape index (κ1) is 25.0. The van der Waals surface area contributed by atoms with Crippen molar-refractivity contribution in [2.75, 3.05) is 19.0 Å². The summed E-state index contributed by atoms with van der Waals surface area (Å²) in [5.41, 5.74) is 1.29. The lowest BCUT2D eigenvalue weighted by molar-refractivity contribution is -0.289. The molecule has 0 aromatic heterocycles. The van der Waals surface area contributed by atoms with E-state index in [1.54, 1.807) is 11.8 Å². The fraction of sp³-hybridized carbons (Fsp3) is 0.654. The van der Waals surface area contributed by atoms with E-state index in [0.717, 1.165) is 42.7 Å². The van der Waals surface area contributed by atoms with E-state index in [9.17, 15) is 9.18 Å². The zero-order valence-corrected chi connectivity index (χ0v) is 21.2. The second-order valence-corrected chi connectivity index (χ2v) is 11.8. The third kappa shape index (κ3) is 5.77. The van der Waals surface area contributed by atoms with Gasteiger partial charge in [0.05, 0.1) is 31.1 Å².